The van der Waals surface area contributed by atoms with Crippen LogP contribution in [0.5, 0.6) is 0 Å². The molecule has 1 saturated carbocycles. The van der Waals surface area contributed by atoms with Crippen LogP contribution in [0.2, 0.25) is 0 Å². The lowest BCUT2D eigenvalue weighted by Crippen LogP contribution is -2.43. The highest BCUT2D eigenvalue weighted by Crippen LogP contribution is 2.25. The van der Waals surface area contributed by atoms with Gasteiger partial charge < -0.3 is 15.7 Å². The Bertz CT molecular complexity index is 475. The zero-order chi connectivity index (χ0) is 14.5. The average molecular weight is 281 g/mol. The molecular weight excluding hydrogens is 261 g/mol. The molecule has 0 spiro atoms. The Morgan fingerprint density at radius 3 is 2.80 bits per heavy atom. The van der Waals surface area contributed by atoms with Gasteiger partial charge in [0.1, 0.15) is 11.6 Å². The summed E-state index contributed by atoms with van der Waals surface area (Å²) in [4.78, 5) is 17.8. The number of amides is 1. The summed E-state index contributed by atoms with van der Waals surface area (Å²) in [6.07, 6.45) is 6.11. The minimum absolute atomic E-state index is 0.0233. The number of aliphatic hydroxyl groups is 1. The number of aliphatic hydroxyl groups excluding tert-OH is 1. The molecule has 110 valence electrons. The van der Waals surface area contributed by atoms with Crippen LogP contribution in [0.1, 0.15) is 42.5 Å². The molecule has 1 aliphatic carbocycles. The van der Waals surface area contributed by atoms with Crippen molar-refractivity contribution in [2.45, 2.75) is 38.1 Å². The Morgan fingerprint density at radius 2 is 2.15 bits per heavy atom. The molecule has 1 heterocycles. The van der Waals surface area contributed by atoms with E-state index in [1.807, 2.05) is 0 Å². The number of nitrogens with zero attached hydrogens (tertiary/aromatic N) is 2. The molecule has 1 fully saturated rings. The van der Waals surface area contributed by atoms with Crippen LogP contribution in [0.3, 0.4) is 0 Å². The zero-order valence-corrected chi connectivity index (χ0v) is 11.4. The summed E-state index contributed by atoms with van der Waals surface area (Å²) < 4.78 is 13.3. The van der Waals surface area contributed by atoms with Crippen LogP contribution in [0.4, 0.5) is 10.2 Å². The summed E-state index contributed by atoms with van der Waals surface area (Å²) in [7, 11) is 0. The molecule has 5 nitrogen and oxygen atoms in total. The van der Waals surface area contributed by atoms with Gasteiger partial charge in [-0.1, -0.05) is 19.3 Å². The molecule has 3 N–H and O–H groups in total. The fourth-order valence-electron chi connectivity index (χ4n) is 2.73. The number of hydrogen-bond donors (Lipinski definition) is 2. The van der Waals surface area contributed by atoms with Crippen molar-refractivity contribution in [1.29, 1.82) is 0 Å². The molecule has 1 amide bonds. The van der Waals surface area contributed by atoms with E-state index in [-0.39, 0.29) is 36.5 Å². The summed E-state index contributed by atoms with van der Waals surface area (Å²) in [5.41, 5.74) is 5.74. The Labute approximate surface area is 117 Å². The number of nitrogens with two attached hydrogens (primary N) is 1. The van der Waals surface area contributed by atoms with Crippen molar-refractivity contribution in [2.24, 2.45) is 0 Å². The number of nitrogen functional groups attached to an aromatic ring is 1. The van der Waals surface area contributed by atoms with Crippen LogP contribution in [0.25, 0.3) is 0 Å². The van der Waals surface area contributed by atoms with E-state index in [1.54, 1.807) is 4.90 Å². The van der Waals surface area contributed by atoms with E-state index in [0.717, 1.165) is 37.9 Å². The van der Waals surface area contributed by atoms with Crippen LogP contribution < -0.4 is 5.73 Å². The van der Waals surface area contributed by atoms with Gasteiger partial charge in [0.15, 0.2) is 0 Å². The van der Waals surface area contributed by atoms with E-state index in [1.165, 1.54) is 6.42 Å². The molecular formula is C14H20FN3O2. The van der Waals surface area contributed by atoms with Crippen molar-refractivity contribution in [3.05, 3.63) is 23.6 Å². The first-order chi connectivity index (χ1) is 9.63. The quantitative estimate of drug-likeness (QED) is 0.878. The third-order valence-electron chi connectivity index (χ3n) is 3.73. The molecule has 0 saturated heterocycles. The third kappa shape index (κ3) is 3.25. The smallest absolute Gasteiger partial charge is 0.258 e. The van der Waals surface area contributed by atoms with Crippen molar-refractivity contribution in [1.82, 2.24) is 9.88 Å². The predicted molar refractivity (Wildman–Crippen MR) is 73.6 cm³/mol. The van der Waals surface area contributed by atoms with E-state index in [0.29, 0.717) is 0 Å². The van der Waals surface area contributed by atoms with Crippen molar-refractivity contribution >= 4 is 11.7 Å². The highest BCUT2D eigenvalue weighted by Gasteiger charge is 2.27. The molecule has 0 aromatic carbocycles. The molecule has 0 aliphatic heterocycles. The topological polar surface area (TPSA) is 79.5 Å². The number of carbonyl (C=O) groups is 1. The van der Waals surface area contributed by atoms with Gasteiger partial charge in [-0.2, -0.15) is 0 Å². The minimum Gasteiger partial charge on any atom is -0.395 e. The fourth-order valence-corrected chi connectivity index (χ4v) is 2.73. The summed E-state index contributed by atoms with van der Waals surface area (Å²) in [6.45, 7) is 0.115. The van der Waals surface area contributed by atoms with Gasteiger partial charge in [0.05, 0.1) is 18.4 Å². The van der Waals surface area contributed by atoms with E-state index in [9.17, 15) is 14.3 Å². The highest BCUT2D eigenvalue weighted by atomic mass is 19.1. The normalized spacial score (nSPS) is 16.1. The molecule has 1 aromatic rings. The van der Waals surface area contributed by atoms with Gasteiger partial charge in [-0.05, 0) is 18.9 Å². The lowest BCUT2D eigenvalue weighted by molar-refractivity contribution is 0.0585. The van der Waals surface area contributed by atoms with Crippen LogP contribution in [0, 0.1) is 5.82 Å². The van der Waals surface area contributed by atoms with Gasteiger partial charge >= 0.3 is 0 Å². The molecule has 1 aromatic heterocycles. The SMILES string of the molecule is Nc1ncc(F)cc1C(=O)N(CCO)C1CCCCC1. The van der Waals surface area contributed by atoms with Crippen LogP contribution in [0.15, 0.2) is 12.3 Å². The van der Waals surface area contributed by atoms with Gasteiger partial charge in [-0.25, -0.2) is 9.37 Å². The van der Waals surface area contributed by atoms with Gasteiger partial charge in [-0.3, -0.25) is 4.79 Å². The van der Waals surface area contributed by atoms with Crippen molar-refractivity contribution in [2.75, 3.05) is 18.9 Å². The second kappa shape index (κ2) is 6.65. The number of halogens is 1. The lowest BCUT2D eigenvalue weighted by atomic mass is 9.93. The molecule has 0 atom stereocenters. The predicted octanol–water partition coefficient (Wildman–Crippen LogP) is 1.57. The molecule has 0 radical (unpaired) electrons. The monoisotopic (exact) mass is 281 g/mol. The van der Waals surface area contributed by atoms with Crippen LogP contribution in [-0.2, 0) is 0 Å². The molecule has 0 unspecified atom stereocenters. The first-order valence-corrected chi connectivity index (χ1v) is 6.96. The first kappa shape index (κ1) is 14.7. The summed E-state index contributed by atoms with van der Waals surface area (Å²) >= 11 is 0. The summed E-state index contributed by atoms with van der Waals surface area (Å²) in [6, 6.07) is 1.20. The number of carbonyl (C=O) groups excluding carboxylic acids is 1. The number of aromatic nitrogens is 1. The van der Waals surface area contributed by atoms with Crippen molar-refractivity contribution in [3.8, 4) is 0 Å². The second-order valence-electron chi connectivity index (χ2n) is 5.10. The van der Waals surface area contributed by atoms with E-state index in [2.05, 4.69) is 4.98 Å². The van der Waals surface area contributed by atoms with E-state index < -0.39 is 5.82 Å². The molecule has 1 aliphatic rings. The first-order valence-electron chi connectivity index (χ1n) is 6.96. The van der Waals surface area contributed by atoms with Gasteiger partial charge in [0, 0.05) is 12.6 Å². The molecule has 6 heteroatoms. The zero-order valence-electron chi connectivity index (χ0n) is 11.4. The maximum absolute atomic E-state index is 13.3. The fraction of sp³-hybridized carbons (Fsp3) is 0.571. The minimum atomic E-state index is -0.588. The second-order valence-corrected chi connectivity index (χ2v) is 5.10. The number of pyridine rings is 1. The third-order valence-corrected chi connectivity index (χ3v) is 3.73. The number of anilines is 1. The Balaban J connectivity index is 2.23. The van der Waals surface area contributed by atoms with Crippen molar-refractivity contribution < 1.29 is 14.3 Å². The summed E-state index contributed by atoms with van der Waals surface area (Å²) in [5.74, 6) is -0.916. The van der Waals surface area contributed by atoms with E-state index in [4.69, 9.17) is 5.73 Å². The van der Waals surface area contributed by atoms with Gasteiger partial charge in [0.25, 0.3) is 5.91 Å². The Hall–Kier alpha value is -1.69. The van der Waals surface area contributed by atoms with Crippen LogP contribution >= 0.6 is 0 Å². The van der Waals surface area contributed by atoms with Crippen molar-refractivity contribution in [3.63, 3.8) is 0 Å². The Kier molecular flexibility index (Phi) is 4.89. The number of rotatable bonds is 4. The standard InChI is InChI=1S/C14H20FN3O2/c15-10-8-12(13(16)17-9-10)14(20)18(6-7-19)11-4-2-1-3-5-11/h8-9,11,19H,1-7H2,(H2,16,17). The van der Waals surface area contributed by atoms with Crippen LogP contribution in [-0.4, -0.2) is 40.1 Å². The number of hydrogen-bond acceptors (Lipinski definition) is 4. The lowest BCUT2D eigenvalue weighted by Gasteiger charge is -2.34. The summed E-state index contributed by atoms with van der Waals surface area (Å²) in [5, 5.41) is 9.17. The molecule has 2 rings (SSSR count). The maximum atomic E-state index is 13.3. The molecule has 20 heavy (non-hydrogen) atoms. The van der Waals surface area contributed by atoms with Gasteiger partial charge in [-0.15, -0.1) is 0 Å². The maximum Gasteiger partial charge on any atom is 0.258 e. The highest BCUT2D eigenvalue weighted by molar-refractivity contribution is 5.98. The Morgan fingerprint density at radius 1 is 1.45 bits per heavy atom. The average Bonchev–Trinajstić information content (AvgIpc) is 2.47. The van der Waals surface area contributed by atoms with Gasteiger partial charge in [0.2, 0.25) is 0 Å². The molecule has 0 bridgehead atoms. The van der Waals surface area contributed by atoms with E-state index >= 15 is 0 Å². The largest absolute Gasteiger partial charge is 0.395 e.